The number of nitrogens with zero attached hydrogens (tertiary/aromatic N) is 3. The van der Waals surface area contributed by atoms with Gasteiger partial charge in [-0.3, -0.25) is 5.41 Å². The van der Waals surface area contributed by atoms with Crippen molar-refractivity contribution in [3.8, 4) is 11.1 Å². The van der Waals surface area contributed by atoms with Gasteiger partial charge in [-0.1, -0.05) is 48.5 Å². The highest BCUT2D eigenvalue weighted by Gasteiger charge is 2.06. The van der Waals surface area contributed by atoms with Crippen molar-refractivity contribution in [1.82, 2.24) is 14.8 Å². The summed E-state index contributed by atoms with van der Waals surface area (Å²) in [6, 6.07) is 15.8. The SMILES string of the molecule is N=C(N)c1ccccc1-c1ccc(Cn2cncn2)cc1. The fourth-order valence-electron chi connectivity index (χ4n) is 2.26. The van der Waals surface area contributed by atoms with Gasteiger partial charge in [-0.05, 0) is 16.7 Å². The van der Waals surface area contributed by atoms with Gasteiger partial charge in [-0.15, -0.1) is 0 Å². The molecule has 104 valence electrons. The van der Waals surface area contributed by atoms with Gasteiger partial charge in [0.2, 0.25) is 0 Å². The second-order valence-electron chi connectivity index (χ2n) is 4.75. The molecule has 3 rings (SSSR count). The van der Waals surface area contributed by atoms with Crippen molar-refractivity contribution in [2.45, 2.75) is 6.54 Å². The van der Waals surface area contributed by atoms with E-state index in [0.717, 1.165) is 22.3 Å². The molecule has 1 heterocycles. The van der Waals surface area contributed by atoms with Crippen molar-refractivity contribution in [3.63, 3.8) is 0 Å². The third-order valence-corrected chi connectivity index (χ3v) is 3.29. The van der Waals surface area contributed by atoms with E-state index < -0.39 is 0 Å². The molecule has 5 nitrogen and oxygen atoms in total. The first-order valence-electron chi connectivity index (χ1n) is 6.59. The maximum absolute atomic E-state index is 7.66. The lowest BCUT2D eigenvalue weighted by molar-refractivity contribution is 0.685. The molecule has 0 radical (unpaired) electrons. The van der Waals surface area contributed by atoms with Crippen LogP contribution in [0.1, 0.15) is 11.1 Å². The normalized spacial score (nSPS) is 10.5. The Morgan fingerprint density at radius 3 is 2.52 bits per heavy atom. The standard InChI is InChI=1S/C16H15N5/c17-16(18)15-4-2-1-3-14(15)13-7-5-12(6-8-13)9-21-11-19-10-20-21/h1-8,10-11H,9H2,(H3,17,18). The van der Waals surface area contributed by atoms with Gasteiger partial charge < -0.3 is 5.73 Å². The van der Waals surface area contributed by atoms with Crippen LogP contribution in [-0.2, 0) is 6.54 Å². The molecule has 3 aromatic rings. The Hall–Kier alpha value is -2.95. The molecule has 1 aromatic heterocycles. The predicted molar refractivity (Wildman–Crippen MR) is 82.0 cm³/mol. The fraction of sp³-hybridized carbons (Fsp3) is 0.0625. The molecule has 5 heteroatoms. The minimum atomic E-state index is 0.0808. The van der Waals surface area contributed by atoms with E-state index in [1.807, 2.05) is 48.5 Å². The van der Waals surface area contributed by atoms with Crippen LogP contribution in [0.15, 0.2) is 61.2 Å². The Morgan fingerprint density at radius 2 is 1.86 bits per heavy atom. The summed E-state index contributed by atoms with van der Waals surface area (Å²) in [4.78, 5) is 3.93. The van der Waals surface area contributed by atoms with Crippen molar-refractivity contribution < 1.29 is 0 Å². The molecule has 0 spiro atoms. The monoisotopic (exact) mass is 277 g/mol. The number of benzene rings is 2. The van der Waals surface area contributed by atoms with Crippen molar-refractivity contribution in [2.24, 2.45) is 5.73 Å². The summed E-state index contributed by atoms with van der Waals surface area (Å²) in [6.07, 6.45) is 3.22. The van der Waals surface area contributed by atoms with Gasteiger partial charge in [0.25, 0.3) is 0 Å². The minimum Gasteiger partial charge on any atom is -0.384 e. The van der Waals surface area contributed by atoms with Crippen molar-refractivity contribution >= 4 is 5.84 Å². The summed E-state index contributed by atoms with van der Waals surface area (Å²) in [6.45, 7) is 0.689. The lowest BCUT2D eigenvalue weighted by Gasteiger charge is -2.09. The maximum Gasteiger partial charge on any atom is 0.137 e. The molecule has 0 amide bonds. The molecule has 0 atom stereocenters. The summed E-state index contributed by atoms with van der Waals surface area (Å²) >= 11 is 0. The lowest BCUT2D eigenvalue weighted by Crippen LogP contribution is -2.12. The van der Waals surface area contributed by atoms with E-state index in [0.29, 0.717) is 6.54 Å². The highest BCUT2D eigenvalue weighted by molar-refractivity contribution is 6.01. The summed E-state index contributed by atoms with van der Waals surface area (Å²) in [5.41, 5.74) is 9.55. The van der Waals surface area contributed by atoms with Crippen LogP contribution >= 0.6 is 0 Å². The number of amidine groups is 1. The number of nitrogens with one attached hydrogen (secondary N) is 1. The van der Waals surface area contributed by atoms with Gasteiger partial charge in [0.15, 0.2) is 0 Å². The Morgan fingerprint density at radius 1 is 1.10 bits per heavy atom. The van der Waals surface area contributed by atoms with E-state index in [4.69, 9.17) is 11.1 Å². The van der Waals surface area contributed by atoms with E-state index in [1.54, 1.807) is 11.0 Å². The van der Waals surface area contributed by atoms with Crippen LogP contribution < -0.4 is 5.73 Å². The third kappa shape index (κ3) is 2.81. The summed E-state index contributed by atoms with van der Waals surface area (Å²) in [5.74, 6) is 0.0808. The van der Waals surface area contributed by atoms with Crippen LogP contribution in [0.2, 0.25) is 0 Å². The lowest BCUT2D eigenvalue weighted by atomic mass is 9.98. The summed E-state index contributed by atoms with van der Waals surface area (Å²) in [7, 11) is 0. The highest BCUT2D eigenvalue weighted by Crippen LogP contribution is 2.23. The number of nitrogens with two attached hydrogens (primary N) is 1. The van der Waals surface area contributed by atoms with Crippen LogP contribution in [0.5, 0.6) is 0 Å². The number of rotatable bonds is 4. The molecular formula is C16H15N5. The van der Waals surface area contributed by atoms with Gasteiger partial charge in [-0.25, -0.2) is 9.67 Å². The van der Waals surface area contributed by atoms with Crippen molar-refractivity contribution in [3.05, 3.63) is 72.3 Å². The zero-order chi connectivity index (χ0) is 14.7. The average molecular weight is 277 g/mol. The first-order valence-corrected chi connectivity index (χ1v) is 6.59. The number of hydrogen-bond donors (Lipinski definition) is 2. The van der Waals surface area contributed by atoms with Crippen molar-refractivity contribution in [2.75, 3.05) is 0 Å². The molecule has 0 saturated heterocycles. The zero-order valence-electron chi connectivity index (χ0n) is 11.4. The molecule has 21 heavy (non-hydrogen) atoms. The van der Waals surface area contributed by atoms with Gasteiger partial charge >= 0.3 is 0 Å². The smallest absolute Gasteiger partial charge is 0.137 e. The molecule has 0 aliphatic heterocycles. The van der Waals surface area contributed by atoms with Crippen LogP contribution in [0.4, 0.5) is 0 Å². The van der Waals surface area contributed by atoms with E-state index in [1.165, 1.54) is 6.33 Å². The second kappa shape index (κ2) is 5.58. The largest absolute Gasteiger partial charge is 0.384 e. The first kappa shape index (κ1) is 13.1. The van der Waals surface area contributed by atoms with Crippen LogP contribution in [-0.4, -0.2) is 20.6 Å². The van der Waals surface area contributed by atoms with Crippen LogP contribution in [0.25, 0.3) is 11.1 Å². The minimum absolute atomic E-state index is 0.0808. The number of nitrogen functional groups attached to an aromatic ring is 1. The molecule has 2 aromatic carbocycles. The third-order valence-electron chi connectivity index (χ3n) is 3.29. The maximum atomic E-state index is 7.66. The molecule has 0 bridgehead atoms. The molecule has 0 aliphatic carbocycles. The van der Waals surface area contributed by atoms with Gasteiger partial charge in [0.05, 0.1) is 6.54 Å². The zero-order valence-corrected chi connectivity index (χ0v) is 11.4. The average Bonchev–Trinajstić information content (AvgIpc) is 3.01. The molecule has 0 fully saturated rings. The van der Waals surface area contributed by atoms with Gasteiger partial charge in [0, 0.05) is 5.56 Å². The Balaban J connectivity index is 1.89. The summed E-state index contributed by atoms with van der Waals surface area (Å²) in [5, 5.41) is 11.7. The van der Waals surface area contributed by atoms with Gasteiger partial charge in [0.1, 0.15) is 18.5 Å². The molecule has 0 saturated carbocycles. The Bertz CT molecular complexity index is 745. The van der Waals surface area contributed by atoms with Crippen LogP contribution in [0.3, 0.4) is 0 Å². The first-order chi connectivity index (χ1) is 10.2. The van der Waals surface area contributed by atoms with Crippen molar-refractivity contribution in [1.29, 1.82) is 5.41 Å². The molecule has 0 aliphatic rings. The molecule has 3 N–H and O–H groups in total. The van der Waals surface area contributed by atoms with E-state index in [-0.39, 0.29) is 5.84 Å². The number of hydrogen-bond acceptors (Lipinski definition) is 3. The highest BCUT2D eigenvalue weighted by atomic mass is 15.3. The fourth-order valence-corrected chi connectivity index (χ4v) is 2.26. The van der Waals surface area contributed by atoms with E-state index in [9.17, 15) is 0 Å². The Kier molecular flexibility index (Phi) is 3.47. The van der Waals surface area contributed by atoms with E-state index >= 15 is 0 Å². The molecule has 0 unspecified atom stereocenters. The quantitative estimate of drug-likeness (QED) is 0.567. The van der Waals surface area contributed by atoms with Gasteiger partial charge in [-0.2, -0.15) is 5.10 Å². The second-order valence-corrected chi connectivity index (χ2v) is 4.75. The Labute approximate surface area is 122 Å². The predicted octanol–water partition coefficient (Wildman–Crippen LogP) is 2.28. The topological polar surface area (TPSA) is 80.6 Å². The number of aromatic nitrogens is 3. The molecular weight excluding hydrogens is 262 g/mol. The summed E-state index contributed by atoms with van der Waals surface area (Å²) < 4.78 is 1.78. The van der Waals surface area contributed by atoms with Crippen LogP contribution in [0, 0.1) is 5.41 Å². The van der Waals surface area contributed by atoms with E-state index in [2.05, 4.69) is 10.1 Å².